The minimum absolute atomic E-state index is 0.0687. The molecule has 5 heteroatoms. The monoisotopic (exact) mass is 290 g/mol. The summed E-state index contributed by atoms with van der Waals surface area (Å²) in [5.41, 5.74) is -0.800. The molecule has 2 rings (SSSR count). The van der Waals surface area contributed by atoms with Gasteiger partial charge in [-0.2, -0.15) is 0 Å². The van der Waals surface area contributed by atoms with Crippen LogP contribution in [-0.2, 0) is 4.74 Å². The van der Waals surface area contributed by atoms with E-state index in [1.807, 2.05) is 13.0 Å². The Morgan fingerprint density at radius 2 is 2.14 bits per heavy atom. The molecule has 21 heavy (non-hydrogen) atoms. The number of carbonyl (C=O) groups excluding carboxylic acids is 1. The molecule has 0 spiro atoms. The zero-order chi connectivity index (χ0) is 15.7. The molecule has 0 atom stereocenters. The fourth-order valence-electron chi connectivity index (χ4n) is 1.88. The lowest BCUT2D eigenvalue weighted by Crippen LogP contribution is -2.61. The van der Waals surface area contributed by atoms with Gasteiger partial charge in [0.2, 0.25) is 5.67 Å². The summed E-state index contributed by atoms with van der Waals surface area (Å²) in [5.74, 6) is 5.32. The molecule has 112 valence electrons. The Bertz CT molecular complexity index is 605. The van der Waals surface area contributed by atoms with Gasteiger partial charge in [-0.05, 0) is 45.2 Å². The second-order valence-corrected chi connectivity index (χ2v) is 6.22. The number of aryl methyl sites for hydroxylation is 1. The summed E-state index contributed by atoms with van der Waals surface area (Å²) in [4.78, 5) is 17.1. The summed E-state index contributed by atoms with van der Waals surface area (Å²) in [6, 6.07) is 3.68. The molecule has 1 amide bonds. The van der Waals surface area contributed by atoms with Crippen LogP contribution in [0, 0.1) is 18.8 Å². The molecule has 0 N–H and O–H groups in total. The molecule has 1 fully saturated rings. The highest BCUT2D eigenvalue weighted by Crippen LogP contribution is 2.26. The first kappa shape index (κ1) is 15.3. The lowest BCUT2D eigenvalue weighted by Gasteiger charge is -2.41. The summed E-state index contributed by atoms with van der Waals surface area (Å²) in [6.45, 7) is 7.06. The molecule has 0 bridgehead atoms. The van der Waals surface area contributed by atoms with E-state index in [4.69, 9.17) is 4.74 Å². The average Bonchev–Trinajstić information content (AvgIpc) is 2.32. The second kappa shape index (κ2) is 5.36. The van der Waals surface area contributed by atoms with E-state index in [1.54, 1.807) is 33.0 Å². The topological polar surface area (TPSA) is 42.4 Å². The first-order valence-electron chi connectivity index (χ1n) is 6.80. The fraction of sp³-hybridized carbons (Fsp3) is 0.500. The number of amides is 1. The van der Waals surface area contributed by atoms with Crippen molar-refractivity contribution in [2.24, 2.45) is 0 Å². The van der Waals surface area contributed by atoms with Crippen molar-refractivity contribution < 1.29 is 13.9 Å². The Balaban J connectivity index is 1.97. The van der Waals surface area contributed by atoms with Crippen LogP contribution in [0.2, 0.25) is 0 Å². The molecule has 0 saturated carbocycles. The van der Waals surface area contributed by atoms with E-state index in [-0.39, 0.29) is 13.1 Å². The molecule has 2 heterocycles. The van der Waals surface area contributed by atoms with Crippen molar-refractivity contribution in [1.82, 2.24) is 9.88 Å². The molecule has 0 radical (unpaired) electrons. The second-order valence-electron chi connectivity index (χ2n) is 6.22. The molecule has 1 saturated heterocycles. The average molecular weight is 290 g/mol. The normalized spacial score (nSPS) is 16.5. The quantitative estimate of drug-likeness (QED) is 0.690. The highest BCUT2D eigenvalue weighted by molar-refractivity contribution is 5.70. The molecular formula is C16H19FN2O2. The van der Waals surface area contributed by atoms with Crippen molar-refractivity contribution in [3.05, 3.63) is 29.6 Å². The molecule has 0 aromatic carbocycles. The minimum Gasteiger partial charge on any atom is -0.444 e. The summed E-state index contributed by atoms with van der Waals surface area (Å²) in [6.07, 6.45) is 1.11. The SMILES string of the molecule is Cc1cccnc1C#CC1(F)CN(C(=O)OC(C)(C)C)C1. The van der Waals surface area contributed by atoms with Crippen molar-refractivity contribution in [3.63, 3.8) is 0 Å². The maximum Gasteiger partial charge on any atom is 0.410 e. The van der Waals surface area contributed by atoms with Gasteiger partial charge in [0, 0.05) is 6.20 Å². The minimum atomic E-state index is -1.68. The van der Waals surface area contributed by atoms with Gasteiger partial charge < -0.3 is 4.74 Å². The van der Waals surface area contributed by atoms with Gasteiger partial charge in [-0.15, -0.1) is 0 Å². The van der Waals surface area contributed by atoms with Crippen LogP contribution >= 0.6 is 0 Å². The van der Waals surface area contributed by atoms with E-state index in [0.717, 1.165) is 5.56 Å². The standard InChI is InChI=1S/C16H19FN2O2/c1-12-6-5-9-18-13(12)7-8-16(17)10-19(11-16)14(20)21-15(2,3)4/h5-6,9H,10-11H2,1-4H3. The number of nitrogens with zero attached hydrogens (tertiary/aromatic N) is 2. The van der Waals surface area contributed by atoms with Crippen LogP contribution in [0.1, 0.15) is 32.0 Å². The largest absolute Gasteiger partial charge is 0.444 e. The smallest absolute Gasteiger partial charge is 0.410 e. The number of hydrogen-bond donors (Lipinski definition) is 0. The van der Waals surface area contributed by atoms with Crippen molar-refractivity contribution in [2.45, 2.75) is 39.0 Å². The third-order valence-electron chi connectivity index (χ3n) is 2.95. The highest BCUT2D eigenvalue weighted by atomic mass is 19.1. The van der Waals surface area contributed by atoms with Crippen molar-refractivity contribution in [3.8, 4) is 11.8 Å². The number of aromatic nitrogens is 1. The number of hydrogen-bond acceptors (Lipinski definition) is 3. The van der Waals surface area contributed by atoms with Crippen LogP contribution in [-0.4, -0.2) is 40.3 Å². The van der Waals surface area contributed by atoms with Crippen molar-refractivity contribution in [2.75, 3.05) is 13.1 Å². The first-order valence-corrected chi connectivity index (χ1v) is 6.80. The van der Waals surface area contributed by atoms with E-state index in [2.05, 4.69) is 16.8 Å². The van der Waals surface area contributed by atoms with Gasteiger partial charge in [-0.3, -0.25) is 4.90 Å². The summed E-state index contributed by atoms with van der Waals surface area (Å²) < 4.78 is 19.5. The summed E-state index contributed by atoms with van der Waals surface area (Å²) in [7, 11) is 0. The van der Waals surface area contributed by atoms with E-state index in [0.29, 0.717) is 5.69 Å². The van der Waals surface area contributed by atoms with E-state index in [1.165, 1.54) is 4.90 Å². The van der Waals surface area contributed by atoms with Crippen LogP contribution in [0.4, 0.5) is 9.18 Å². The van der Waals surface area contributed by atoms with E-state index in [9.17, 15) is 9.18 Å². The Morgan fingerprint density at radius 3 is 2.71 bits per heavy atom. The highest BCUT2D eigenvalue weighted by Gasteiger charge is 2.46. The van der Waals surface area contributed by atoms with Crippen LogP contribution in [0.3, 0.4) is 0 Å². The maximum absolute atomic E-state index is 14.3. The van der Waals surface area contributed by atoms with Crippen molar-refractivity contribution >= 4 is 6.09 Å². The zero-order valence-corrected chi connectivity index (χ0v) is 12.7. The summed E-state index contributed by atoms with van der Waals surface area (Å²) in [5, 5.41) is 0. The van der Waals surface area contributed by atoms with Crippen LogP contribution < -0.4 is 0 Å². The molecule has 0 unspecified atom stereocenters. The van der Waals surface area contributed by atoms with E-state index >= 15 is 0 Å². The van der Waals surface area contributed by atoms with Gasteiger partial charge in [0.25, 0.3) is 0 Å². The number of likely N-dealkylation sites (tertiary alicyclic amines) is 1. The number of pyridine rings is 1. The van der Waals surface area contributed by atoms with Gasteiger partial charge in [-0.1, -0.05) is 12.0 Å². The molecule has 4 nitrogen and oxygen atoms in total. The molecular weight excluding hydrogens is 271 g/mol. The predicted molar refractivity (Wildman–Crippen MR) is 77.5 cm³/mol. The molecule has 1 aromatic heterocycles. The third kappa shape index (κ3) is 3.94. The third-order valence-corrected chi connectivity index (χ3v) is 2.95. The Kier molecular flexibility index (Phi) is 3.91. The van der Waals surface area contributed by atoms with E-state index < -0.39 is 17.4 Å². The predicted octanol–water partition coefficient (Wildman–Crippen LogP) is 2.70. The van der Waals surface area contributed by atoms with Crippen LogP contribution in [0.5, 0.6) is 0 Å². The number of carbonyl (C=O) groups is 1. The van der Waals surface area contributed by atoms with Gasteiger partial charge in [-0.25, -0.2) is 14.2 Å². The van der Waals surface area contributed by atoms with Crippen molar-refractivity contribution in [1.29, 1.82) is 0 Å². The Morgan fingerprint density at radius 1 is 1.48 bits per heavy atom. The van der Waals surface area contributed by atoms with Gasteiger partial charge in [0.15, 0.2) is 0 Å². The van der Waals surface area contributed by atoms with Gasteiger partial charge in [0.05, 0.1) is 13.1 Å². The first-order chi connectivity index (χ1) is 9.69. The summed E-state index contributed by atoms with van der Waals surface area (Å²) >= 11 is 0. The zero-order valence-electron chi connectivity index (χ0n) is 12.7. The Hall–Kier alpha value is -2.09. The van der Waals surface area contributed by atoms with Gasteiger partial charge in [0.1, 0.15) is 11.3 Å². The fourth-order valence-corrected chi connectivity index (χ4v) is 1.88. The Labute approximate surface area is 124 Å². The van der Waals surface area contributed by atoms with Crippen LogP contribution in [0.15, 0.2) is 18.3 Å². The number of rotatable bonds is 0. The lowest BCUT2D eigenvalue weighted by atomic mass is 9.97. The molecule has 0 aliphatic carbocycles. The van der Waals surface area contributed by atoms with Gasteiger partial charge >= 0.3 is 6.09 Å². The van der Waals surface area contributed by atoms with Crippen LogP contribution in [0.25, 0.3) is 0 Å². The molecule has 1 aliphatic heterocycles. The number of halogens is 1. The number of alkyl halides is 1. The lowest BCUT2D eigenvalue weighted by molar-refractivity contribution is -0.0271. The maximum atomic E-state index is 14.3. The molecule has 1 aromatic rings. The number of ether oxygens (including phenoxy) is 1. The molecule has 1 aliphatic rings.